The maximum atomic E-state index is 4.56. The minimum atomic E-state index is 0.793. The molecule has 0 unspecified atom stereocenters. The maximum Gasteiger partial charge on any atom is 0.0600 e. The van der Waals surface area contributed by atoms with E-state index in [1.54, 1.807) is 0 Å². The Labute approximate surface area is 120 Å². The van der Waals surface area contributed by atoms with E-state index in [4.69, 9.17) is 0 Å². The van der Waals surface area contributed by atoms with Crippen molar-refractivity contribution in [2.45, 2.75) is 26.9 Å². The predicted molar refractivity (Wildman–Crippen MR) is 82.8 cm³/mol. The number of hydrogen-bond acceptors (Lipinski definition) is 4. The summed E-state index contributed by atoms with van der Waals surface area (Å²) < 4.78 is 0. The first kappa shape index (κ1) is 14.5. The van der Waals surface area contributed by atoms with E-state index >= 15 is 0 Å². The van der Waals surface area contributed by atoms with Gasteiger partial charge in [-0.15, -0.1) is 0 Å². The number of nitrogens with zero attached hydrogens (tertiary/aromatic N) is 3. The molecule has 0 saturated heterocycles. The van der Waals surface area contributed by atoms with Gasteiger partial charge in [-0.3, -0.25) is 9.97 Å². The fraction of sp³-hybridized carbons (Fsp3) is 0.375. The Balaban J connectivity index is 2.23. The van der Waals surface area contributed by atoms with Crippen LogP contribution in [-0.4, -0.2) is 24.1 Å². The second kappa shape index (κ2) is 6.48. The quantitative estimate of drug-likeness (QED) is 0.906. The van der Waals surface area contributed by atoms with Gasteiger partial charge in [0.25, 0.3) is 0 Å². The molecule has 2 aromatic heterocycles. The van der Waals surface area contributed by atoms with Crippen LogP contribution in [0.1, 0.15) is 22.6 Å². The Bertz CT molecular complexity index is 580. The molecule has 0 aliphatic rings. The maximum absolute atomic E-state index is 4.56. The molecule has 0 saturated carbocycles. The first-order chi connectivity index (χ1) is 9.60. The van der Waals surface area contributed by atoms with E-state index in [0.717, 1.165) is 30.2 Å². The average molecular weight is 270 g/mol. The fourth-order valence-electron chi connectivity index (χ4n) is 2.27. The number of aromatic nitrogens is 2. The Morgan fingerprint density at radius 2 is 2.00 bits per heavy atom. The van der Waals surface area contributed by atoms with E-state index in [0.29, 0.717) is 0 Å². The average Bonchev–Trinajstić information content (AvgIpc) is 2.41. The van der Waals surface area contributed by atoms with Gasteiger partial charge in [0.1, 0.15) is 0 Å². The summed E-state index contributed by atoms with van der Waals surface area (Å²) in [5, 5.41) is 3.19. The molecular weight excluding hydrogens is 248 g/mol. The molecule has 2 heterocycles. The third-order valence-electron chi connectivity index (χ3n) is 3.22. The van der Waals surface area contributed by atoms with Gasteiger partial charge in [-0.05, 0) is 39.1 Å². The van der Waals surface area contributed by atoms with Crippen LogP contribution in [0.25, 0.3) is 0 Å². The highest BCUT2D eigenvalue weighted by Crippen LogP contribution is 2.21. The lowest BCUT2D eigenvalue weighted by atomic mass is 10.2. The van der Waals surface area contributed by atoms with Gasteiger partial charge >= 0.3 is 0 Å². The molecule has 0 fully saturated rings. The molecule has 1 N–H and O–H groups in total. The largest absolute Gasteiger partial charge is 0.368 e. The van der Waals surface area contributed by atoms with Gasteiger partial charge in [-0.1, -0.05) is 6.07 Å². The number of anilines is 1. The zero-order valence-electron chi connectivity index (χ0n) is 12.6. The summed E-state index contributed by atoms with van der Waals surface area (Å²) in [6, 6.07) is 8.27. The van der Waals surface area contributed by atoms with E-state index < -0.39 is 0 Å². The van der Waals surface area contributed by atoms with Crippen LogP contribution in [0.4, 0.5) is 5.69 Å². The molecular formula is C16H22N4. The standard InChI is InChI=1S/C16H22N4/c1-12-6-5-7-15(19-12)11-20(4)16-8-13(2)18-10-14(16)9-17-3/h5-8,10,17H,9,11H2,1-4H3. The second-order valence-electron chi connectivity index (χ2n) is 5.11. The summed E-state index contributed by atoms with van der Waals surface area (Å²) in [5.74, 6) is 0. The van der Waals surface area contributed by atoms with E-state index in [1.807, 2.05) is 33.2 Å². The van der Waals surface area contributed by atoms with Gasteiger partial charge in [0, 0.05) is 42.4 Å². The van der Waals surface area contributed by atoms with E-state index in [1.165, 1.54) is 11.3 Å². The normalized spacial score (nSPS) is 10.6. The third kappa shape index (κ3) is 3.54. The molecule has 0 radical (unpaired) electrons. The van der Waals surface area contributed by atoms with Gasteiger partial charge in [0.2, 0.25) is 0 Å². The number of rotatable bonds is 5. The Morgan fingerprint density at radius 1 is 1.20 bits per heavy atom. The fourth-order valence-corrected chi connectivity index (χ4v) is 2.27. The van der Waals surface area contributed by atoms with Crippen LogP contribution in [0.2, 0.25) is 0 Å². The van der Waals surface area contributed by atoms with Gasteiger partial charge in [0.05, 0.1) is 12.2 Å². The van der Waals surface area contributed by atoms with Crippen LogP contribution in [0, 0.1) is 13.8 Å². The topological polar surface area (TPSA) is 41.1 Å². The Kier molecular flexibility index (Phi) is 4.69. The van der Waals surface area contributed by atoms with Crippen molar-refractivity contribution in [3.63, 3.8) is 0 Å². The molecule has 0 amide bonds. The lowest BCUT2D eigenvalue weighted by molar-refractivity contribution is 0.794. The molecule has 0 aromatic carbocycles. The first-order valence-electron chi connectivity index (χ1n) is 6.84. The van der Waals surface area contributed by atoms with E-state index in [-0.39, 0.29) is 0 Å². The molecule has 106 valence electrons. The molecule has 0 aliphatic heterocycles. The molecule has 4 nitrogen and oxygen atoms in total. The van der Waals surface area contributed by atoms with Crippen molar-refractivity contribution in [2.75, 3.05) is 19.0 Å². The molecule has 0 spiro atoms. The Morgan fingerprint density at radius 3 is 2.70 bits per heavy atom. The lowest BCUT2D eigenvalue weighted by Crippen LogP contribution is -2.21. The van der Waals surface area contributed by atoms with Gasteiger partial charge in [-0.2, -0.15) is 0 Å². The van der Waals surface area contributed by atoms with Crippen molar-refractivity contribution in [1.29, 1.82) is 0 Å². The second-order valence-corrected chi connectivity index (χ2v) is 5.11. The molecule has 0 aliphatic carbocycles. The van der Waals surface area contributed by atoms with Gasteiger partial charge in [-0.25, -0.2) is 0 Å². The van der Waals surface area contributed by atoms with Crippen molar-refractivity contribution >= 4 is 5.69 Å². The zero-order chi connectivity index (χ0) is 14.5. The third-order valence-corrected chi connectivity index (χ3v) is 3.22. The van der Waals surface area contributed by atoms with Crippen molar-refractivity contribution in [1.82, 2.24) is 15.3 Å². The SMILES string of the molecule is CNCc1cnc(C)cc1N(C)Cc1cccc(C)n1. The molecule has 20 heavy (non-hydrogen) atoms. The summed E-state index contributed by atoms with van der Waals surface area (Å²) in [6.07, 6.45) is 1.95. The zero-order valence-corrected chi connectivity index (χ0v) is 12.6. The van der Waals surface area contributed by atoms with Crippen LogP contribution in [0.15, 0.2) is 30.5 Å². The van der Waals surface area contributed by atoms with Crippen molar-refractivity contribution in [3.05, 3.63) is 53.1 Å². The number of hydrogen-bond donors (Lipinski definition) is 1. The predicted octanol–water partition coefficient (Wildman–Crippen LogP) is 2.45. The summed E-state index contributed by atoms with van der Waals surface area (Å²) in [5.41, 5.74) is 5.57. The van der Waals surface area contributed by atoms with Crippen LogP contribution in [0.3, 0.4) is 0 Å². The summed E-state index contributed by atoms with van der Waals surface area (Å²) in [6.45, 7) is 5.65. The van der Waals surface area contributed by atoms with E-state index in [9.17, 15) is 0 Å². The van der Waals surface area contributed by atoms with Crippen molar-refractivity contribution < 1.29 is 0 Å². The van der Waals surface area contributed by atoms with E-state index in [2.05, 4.69) is 45.4 Å². The summed E-state index contributed by atoms with van der Waals surface area (Å²) in [7, 11) is 4.05. The monoisotopic (exact) mass is 270 g/mol. The van der Waals surface area contributed by atoms with Gasteiger partial charge in [0.15, 0.2) is 0 Å². The molecule has 0 bridgehead atoms. The van der Waals surface area contributed by atoms with Crippen LogP contribution >= 0.6 is 0 Å². The van der Waals surface area contributed by atoms with Crippen LogP contribution in [-0.2, 0) is 13.1 Å². The lowest BCUT2D eigenvalue weighted by Gasteiger charge is -2.22. The molecule has 4 heteroatoms. The summed E-state index contributed by atoms with van der Waals surface area (Å²) in [4.78, 5) is 11.2. The molecule has 2 rings (SSSR count). The Hall–Kier alpha value is -1.94. The minimum Gasteiger partial charge on any atom is -0.368 e. The van der Waals surface area contributed by atoms with Crippen molar-refractivity contribution in [2.24, 2.45) is 0 Å². The van der Waals surface area contributed by atoms with Gasteiger partial charge < -0.3 is 10.2 Å². The number of pyridine rings is 2. The first-order valence-corrected chi connectivity index (χ1v) is 6.84. The highest BCUT2D eigenvalue weighted by atomic mass is 15.1. The molecule has 0 atom stereocenters. The number of nitrogens with one attached hydrogen (secondary N) is 1. The van der Waals surface area contributed by atoms with Crippen molar-refractivity contribution in [3.8, 4) is 0 Å². The minimum absolute atomic E-state index is 0.793. The number of aryl methyl sites for hydroxylation is 2. The van der Waals surface area contributed by atoms with Crippen LogP contribution in [0.5, 0.6) is 0 Å². The highest BCUT2D eigenvalue weighted by Gasteiger charge is 2.09. The smallest absolute Gasteiger partial charge is 0.0600 e. The molecule has 2 aromatic rings. The van der Waals surface area contributed by atoms with Crippen LogP contribution < -0.4 is 10.2 Å². The summed E-state index contributed by atoms with van der Waals surface area (Å²) >= 11 is 0. The highest BCUT2D eigenvalue weighted by molar-refractivity contribution is 5.53.